The Kier molecular flexibility index (Phi) is 1.90. The Labute approximate surface area is 61.5 Å². The highest BCUT2D eigenvalue weighted by Gasteiger charge is 1.94. The van der Waals surface area contributed by atoms with Crippen molar-refractivity contribution < 1.29 is 4.79 Å². The van der Waals surface area contributed by atoms with Gasteiger partial charge in [-0.05, 0) is 6.92 Å². The second-order valence-electron chi connectivity index (χ2n) is 2.18. The summed E-state index contributed by atoms with van der Waals surface area (Å²) in [5.41, 5.74) is 1.39. The molecule has 0 amide bonds. The highest BCUT2D eigenvalue weighted by Crippen LogP contribution is 1.96. The molecule has 0 aliphatic carbocycles. The number of ketones is 1. The lowest BCUT2D eigenvalue weighted by molar-refractivity contribution is 0.101. The van der Waals surface area contributed by atoms with Crippen LogP contribution in [0.15, 0.2) is 24.3 Å². The predicted molar refractivity (Wildman–Crippen MR) is 41.8 cm³/mol. The summed E-state index contributed by atoms with van der Waals surface area (Å²) in [6.07, 6.45) is 0. The van der Waals surface area contributed by atoms with Gasteiger partial charge in [0.25, 0.3) is 0 Å². The molecule has 1 nitrogen and oxygen atoms in total. The summed E-state index contributed by atoms with van der Waals surface area (Å²) in [5.74, 6) is 0.0694. The van der Waals surface area contributed by atoms with E-state index < -0.39 is 0 Å². The van der Waals surface area contributed by atoms with E-state index in [9.17, 15) is 4.79 Å². The smallest absolute Gasteiger partial charge is 0.159 e. The Bertz CT molecular complexity index is 238. The molecule has 0 fully saturated rings. The van der Waals surface area contributed by atoms with Gasteiger partial charge in [0.05, 0.1) is 0 Å². The molecule has 0 N–H and O–H groups in total. The van der Waals surface area contributed by atoms with E-state index in [0.29, 0.717) is 11.0 Å². The lowest BCUT2D eigenvalue weighted by Gasteiger charge is -1.94. The quantitative estimate of drug-likeness (QED) is 0.403. The van der Waals surface area contributed by atoms with E-state index in [0.717, 1.165) is 0 Å². The molecule has 0 unspecified atom stereocenters. The van der Waals surface area contributed by atoms with Gasteiger partial charge in [0, 0.05) is 5.56 Å². The van der Waals surface area contributed by atoms with Crippen LogP contribution in [0, 0.1) is 0 Å². The van der Waals surface area contributed by atoms with Crippen molar-refractivity contribution in [2.75, 3.05) is 0 Å². The van der Waals surface area contributed by atoms with E-state index in [1.807, 2.05) is 0 Å². The third-order valence-electron chi connectivity index (χ3n) is 1.32. The summed E-state index contributed by atoms with van der Waals surface area (Å²) in [7, 11) is 5.42. The SMILES string of the molecule is [B]c1ccc(C(C)=O)cc1. The lowest BCUT2D eigenvalue weighted by Crippen LogP contribution is -2.02. The first kappa shape index (κ1) is 7.07. The molecule has 0 spiro atoms. The van der Waals surface area contributed by atoms with Gasteiger partial charge in [0.1, 0.15) is 7.85 Å². The number of carbonyl (C=O) groups excluding carboxylic acids is 1. The van der Waals surface area contributed by atoms with Gasteiger partial charge in [-0.15, -0.1) is 0 Å². The molecule has 1 aromatic rings. The molecular formula is C8H7BO. The average Bonchev–Trinajstić information content (AvgIpc) is 1.88. The van der Waals surface area contributed by atoms with Gasteiger partial charge in [0.2, 0.25) is 0 Å². The first-order valence-corrected chi connectivity index (χ1v) is 3.06. The second-order valence-corrected chi connectivity index (χ2v) is 2.18. The van der Waals surface area contributed by atoms with Crippen LogP contribution in [-0.4, -0.2) is 13.6 Å². The number of benzene rings is 1. The van der Waals surface area contributed by atoms with Gasteiger partial charge in [-0.2, -0.15) is 0 Å². The third-order valence-corrected chi connectivity index (χ3v) is 1.32. The van der Waals surface area contributed by atoms with E-state index in [4.69, 9.17) is 7.85 Å². The van der Waals surface area contributed by atoms with Gasteiger partial charge in [-0.1, -0.05) is 29.7 Å². The Balaban J connectivity index is 3.00. The normalized spacial score (nSPS) is 9.30. The van der Waals surface area contributed by atoms with E-state index in [2.05, 4.69) is 0 Å². The topological polar surface area (TPSA) is 17.1 Å². The summed E-state index contributed by atoms with van der Waals surface area (Å²) < 4.78 is 0. The maximum absolute atomic E-state index is 10.7. The number of Topliss-reactive ketones (excluding diaryl/α,β-unsaturated/α-hetero) is 1. The van der Waals surface area contributed by atoms with Crippen LogP contribution in [-0.2, 0) is 0 Å². The number of hydrogen-bond donors (Lipinski definition) is 0. The van der Waals surface area contributed by atoms with Gasteiger partial charge in [-0.25, -0.2) is 0 Å². The summed E-state index contributed by atoms with van der Waals surface area (Å²) >= 11 is 0. The summed E-state index contributed by atoms with van der Waals surface area (Å²) in [4.78, 5) is 10.7. The zero-order chi connectivity index (χ0) is 7.56. The average molecular weight is 130 g/mol. The fraction of sp³-hybridized carbons (Fsp3) is 0.125. The molecule has 0 atom stereocenters. The summed E-state index contributed by atoms with van der Waals surface area (Å²) in [6, 6.07) is 6.88. The fourth-order valence-electron chi connectivity index (χ4n) is 0.718. The van der Waals surface area contributed by atoms with E-state index in [1.165, 1.54) is 6.92 Å². The van der Waals surface area contributed by atoms with Gasteiger partial charge in [0.15, 0.2) is 5.78 Å². The molecule has 0 bridgehead atoms. The number of rotatable bonds is 1. The van der Waals surface area contributed by atoms with Gasteiger partial charge in [-0.3, -0.25) is 4.79 Å². The van der Waals surface area contributed by atoms with Gasteiger partial charge >= 0.3 is 0 Å². The van der Waals surface area contributed by atoms with Crippen molar-refractivity contribution in [3.05, 3.63) is 29.8 Å². The molecule has 0 heterocycles. The van der Waals surface area contributed by atoms with E-state index >= 15 is 0 Å². The lowest BCUT2D eigenvalue weighted by atomic mass is 9.95. The third kappa shape index (κ3) is 1.47. The zero-order valence-corrected chi connectivity index (χ0v) is 5.79. The van der Waals surface area contributed by atoms with Crippen LogP contribution >= 0.6 is 0 Å². The van der Waals surface area contributed by atoms with Crippen LogP contribution in [0.5, 0.6) is 0 Å². The molecular weight excluding hydrogens is 123 g/mol. The van der Waals surface area contributed by atoms with Crippen molar-refractivity contribution in [2.45, 2.75) is 6.92 Å². The van der Waals surface area contributed by atoms with Crippen LogP contribution in [0.2, 0.25) is 0 Å². The van der Waals surface area contributed by atoms with Crippen molar-refractivity contribution in [1.82, 2.24) is 0 Å². The first-order valence-electron chi connectivity index (χ1n) is 3.06. The molecule has 0 aromatic heterocycles. The van der Waals surface area contributed by atoms with Crippen LogP contribution in [0.1, 0.15) is 17.3 Å². The van der Waals surface area contributed by atoms with Crippen molar-refractivity contribution in [3.8, 4) is 0 Å². The zero-order valence-electron chi connectivity index (χ0n) is 5.79. The highest BCUT2D eigenvalue weighted by molar-refractivity contribution is 6.32. The Morgan fingerprint density at radius 2 is 1.80 bits per heavy atom. The van der Waals surface area contributed by atoms with Crippen molar-refractivity contribution >= 4 is 19.1 Å². The number of hydrogen-bond acceptors (Lipinski definition) is 1. The Morgan fingerprint density at radius 3 is 2.20 bits per heavy atom. The van der Waals surface area contributed by atoms with Crippen LogP contribution in [0.4, 0.5) is 0 Å². The molecule has 48 valence electrons. The summed E-state index contributed by atoms with van der Waals surface area (Å²) in [5, 5.41) is 0. The van der Waals surface area contributed by atoms with E-state index in [-0.39, 0.29) is 5.78 Å². The Morgan fingerprint density at radius 1 is 1.30 bits per heavy atom. The van der Waals surface area contributed by atoms with Crippen molar-refractivity contribution in [2.24, 2.45) is 0 Å². The molecule has 10 heavy (non-hydrogen) atoms. The van der Waals surface area contributed by atoms with E-state index in [1.54, 1.807) is 24.3 Å². The first-order chi connectivity index (χ1) is 4.70. The van der Waals surface area contributed by atoms with Crippen LogP contribution in [0.25, 0.3) is 0 Å². The summed E-state index contributed by atoms with van der Waals surface area (Å²) in [6.45, 7) is 1.53. The molecule has 1 aromatic carbocycles. The van der Waals surface area contributed by atoms with Crippen LogP contribution in [0.3, 0.4) is 0 Å². The minimum Gasteiger partial charge on any atom is -0.295 e. The molecule has 0 saturated heterocycles. The molecule has 1 rings (SSSR count). The predicted octanol–water partition coefficient (Wildman–Crippen LogP) is 0.683. The molecule has 0 saturated carbocycles. The minimum absolute atomic E-state index is 0.0694. The van der Waals surface area contributed by atoms with Gasteiger partial charge < -0.3 is 0 Å². The monoisotopic (exact) mass is 130 g/mol. The second kappa shape index (κ2) is 2.69. The highest BCUT2D eigenvalue weighted by atomic mass is 16.1. The fourth-order valence-corrected chi connectivity index (χ4v) is 0.718. The standard InChI is InChI=1S/C8H7BO/c1-6(10)7-2-4-8(9)5-3-7/h2-5H,1H3. The minimum atomic E-state index is 0.0694. The number of carbonyl (C=O) groups is 1. The molecule has 0 aliphatic rings. The van der Waals surface area contributed by atoms with Crippen molar-refractivity contribution in [3.63, 3.8) is 0 Å². The largest absolute Gasteiger partial charge is 0.295 e. The molecule has 2 heteroatoms. The maximum atomic E-state index is 10.7. The molecule has 0 aliphatic heterocycles. The molecule has 2 radical (unpaired) electrons. The maximum Gasteiger partial charge on any atom is 0.159 e. The van der Waals surface area contributed by atoms with Crippen LogP contribution < -0.4 is 5.46 Å². The van der Waals surface area contributed by atoms with Crippen molar-refractivity contribution in [1.29, 1.82) is 0 Å². The Hall–Kier alpha value is -1.05.